The lowest BCUT2D eigenvalue weighted by Gasteiger charge is -2.19. The number of nitrogens with one attached hydrogen (secondary N) is 4. The third-order valence-corrected chi connectivity index (χ3v) is 3.66. The lowest BCUT2D eigenvalue weighted by atomic mass is 10.2. The van der Waals surface area contributed by atoms with Crippen molar-refractivity contribution in [3.8, 4) is 0 Å². The molecule has 13 heteroatoms. The van der Waals surface area contributed by atoms with Crippen LogP contribution in [0.25, 0.3) is 0 Å². The van der Waals surface area contributed by atoms with Crippen molar-refractivity contribution in [3.05, 3.63) is 0 Å². The Bertz CT molecular complexity index is 577. The lowest BCUT2D eigenvalue weighted by molar-refractivity contribution is -0.121. The number of carbonyl (C=O) groups is 4. The fraction of sp³-hybridized carbons (Fsp3) is 0.800. The van der Waals surface area contributed by atoms with Gasteiger partial charge < -0.3 is 34.9 Å². The minimum absolute atomic E-state index is 0.103. The average Bonchev–Trinajstić information content (AvgIpc) is 2.75. The zero-order chi connectivity index (χ0) is 25.1. The molecule has 0 atom stereocenters. The second kappa shape index (κ2) is 17.7. The molecule has 0 rings (SSSR count). The second-order valence-electron chi connectivity index (χ2n) is 7.80. The summed E-state index contributed by atoms with van der Waals surface area (Å²) in [6.45, 7) is 6.03. The quantitative estimate of drug-likeness (QED) is 0.154. The summed E-state index contributed by atoms with van der Waals surface area (Å²) in [6.07, 6.45) is -0.576. The first kappa shape index (κ1) is 30.2. The van der Waals surface area contributed by atoms with Crippen LogP contribution in [0.1, 0.15) is 46.5 Å². The third kappa shape index (κ3) is 19.6. The van der Waals surface area contributed by atoms with Gasteiger partial charge in [-0.2, -0.15) is 5.48 Å². The highest BCUT2D eigenvalue weighted by Gasteiger charge is 2.16. The van der Waals surface area contributed by atoms with Crippen molar-refractivity contribution in [2.24, 2.45) is 0 Å². The van der Waals surface area contributed by atoms with Crippen LogP contribution in [-0.2, 0) is 28.6 Å². The Kier molecular flexibility index (Phi) is 16.2. The number of rotatable bonds is 15. The van der Waals surface area contributed by atoms with Crippen LogP contribution >= 0.6 is 0 Å². The molecule has 0 aromatic rings. The molecular weight excluding hydrogens is 440 g/mol. The van der Waals surface area contributed by atoms with Crippen LogP contribution in [-0.4, -0.2) is 83.0 Å². The molecule has 0 saturated carbocycles. The third-order valence-electron chi connectivity index (χ3n) is 3.66. The summed E-state index contributed by atoms with van der Waals surface area (Å²) in [5.41, 5.74) is 1.60. The number of alkyl carbamates (subject to hydrolysis) is 2. The van der Waals surface area contributed by atoms with E-state index in [-0.39, 0.29) is 32.1 Å². The van der Waals surface area contributed by atoms with Gasteiger partial charge in [-0.1, -0.05) is 0 Å². The van der Waals surface area contributed by atoms with E-state index in [0.29, 0.717) is 32.4 Å². The number of hydroxylamine groups is 1. The predicted molar refractivity (Wildman–Crippen MR) is 117 cm³/mol. The van der Waals surface area contributed by atoms with Crippen molar-refractivity contribution in [2.75, 3.05) is 47.1 Å². The van der Waals surface area contributed by atoms with Gasteiger partial charge in [0, 0.05) is 33.7 Å². The molecule has 0 spiro atoms. The maximum atomic E-state index is 11.9. The normalized spacial score (nSPS) is 10.8. The van der Waals surface area contributed by atoms with Gasteiger partial charge in [0.2, 0.25) is 5.91 Å². The van der Waals surface area contributed by atoms with Gasteiger partial charge in [-0.15, -0.1) is 0 Å². The SMILES string of the molecule is CNC(=O)OCC(COC(=O)NC)OCCCC(=O)NCCCCONC(=O)OC(C)(C)C. The zero-order valence-corrected chi connectivity index (χ0v) is 20.1. The predicted octanol–water partition coefficient (Wildman–Crippen LogP) is 1.22. The fourth-order valence-electron chi connectivity index (χ4n) is 2.13. The van der Waals surface area contributed by atoms with E-state index in [0.717, 1.165) is 0 Å². The van der Waals surface area contributed by atoms with E-state index >= 15 is 0 Å². The first-order valence-corrected chi connectivity index (χ1v) is 10.8. The van der Waals surface area contributed by atoms with Gasteiger partial charge >= 0.3 is 18.3 Å². The summed E-state index contributed by atoms with van der Waals surface area (Å²) in [5, 5.41) is 7.39. The number of carbonyl (C=O) groups excluding carboxylic acids is 4. The number of hydrogen-bond donors (Lipinski definition) is 4. The molecule has 33 heavy (non-hydrogen) atoms. The summed E-state index contributed by atoms with van der Waals surface area (Å²) in [7, 11) is 2.84. The molecule has 0 aliphatic carbocycles. The van der Waals surface area contributed by atoms with E-state index in [4.69, 9.17) is 23.8 Å². The fourth-order valence-corrected chi connectivity index (χ4v) is 2.13. The van der Waals surface area contributed by atoms with Gasteiger partial charge in [0.1, 0.15) is 24.9 Å². The Morgan fingerprint density at radius 2 is 1.42 bits per heavy atom. The van der Waals surface area contributed by atoms with Crippen LogP contribution in [0.2, 0.25) is 0 Å². The van der Waals surface area contributed by atoms with Crippen LogP contribution in [0, 0.1) is 0 Å². The van der Waals surface area contributed by atoms with E-state index in [9.17, 15) is 19.2 Å². The van der Waals surface area contributed by atoms with E-state index in [1.54, 1.807) is 20.8 Å². The first-order valence-electron chi connectivity index (χ1n) is 10.8. The topological polar surface area (TPSA) is 163 Å². The standard InChI is InChI=1S/C20H38N4O9/c1-20(2,3)33-19(28)24-32-12-7-6-10-23-16(25)9-8-11-29-15(13-30-17(26)21-4)14-31-18(27)22-5/h15H,6-14H2,1-5H3,(H,21,26)(H,22,27)(H,23,25)(H,24,28). The Morgan fingerprint density at radius 1 is 0.818 bits per heavy atom. The summed E-state index contributed by atoms with van der Waals surface area (Å²) in [6, 6.07) is 0. The molecule has 0 radical (unpaired) electrons. The minimum Gasteiger partial charge on any atom is -0.447 e. The van der Waals surface area contributed by atoms with E-state index in [1.807, 2.05) is 0 Å². The molecule has 0 bridgehead atoms. The molecule has 0 aliphatic rings. The molecule has 0 aromatic carbocycles. The van der Waals surface area contributed by atoms with Crippen molar-refractivity contribution in [2.45, 2.75) is 58.2 Å². The Labute approximate surface area is 194 Å². The van der Waals surface area contributed by atoms with Gasteiger partial charge in [0.25, 0.3) is 0 Å². The molecule has 13 nitrogen and oxygen atoms in total. The maximum Gasteiger partial charge on any atom is 0.431 e. The van der Waals surface area contributed by atoms with E-state index in [1.165, 1.54) is 14.1 Å². The van der Waals surface area contributed by atoms with Crippen LogP contribution < -0.4 is 21.4 Å². The maximum absolute atomic E-state index is 11.9. The highest BCUT2D eigenvalue weighted by Crippen LogP contribution is 2.06. The van der Waals surface area contributed by atoms with Gasteiger partial charge in [0.05, 0.1) is 6.61 Å². The highest BCUT2D eigenvalue weighted by molar-refractivity contribution is 5.75. The molecule has 0 aromatic heterocycles. The summed E-state index contributed by atoms with van der Waals surface area (Å²) in [5.74, 6) is -0.133. The lowest BCUT2D eigenvalue weighted by Crippen LogP contribution is -2.33. The molecule has 0 unspecified atom stereocenters. The molecule has 0 saturated heterocycles. The smallest absolute Gasteiger partial charge is 0.431 e. The Morgan fingerprint density at radius 3 is 1.97 bits per heavy atom. The number of amides is 4. The van der Waals surface area contributed by atoms with Crippen molar-refractivity contribution < 1.29 is 43.0 Å². The van der Waals surface area contributed by atoms with Crippen LogP contribution in [0.3, 0.4) is 0 Å². The molecule has 4 amide bonds. The summed E-state index contributed by atoms with van der Waals surface area (Å²) < 4.78 is 20.4. The van der Waals surface area contributed by atoms with Gasteiger partial charge in [-0.25, -0.2) is 14.4 Å². The van der Waals surface area contributed by atoms with Gasteiger partial charge in [-0.3, -0.25) is 9.63 Å². The first-order chi connectivity index (χ1) is 15.6. The monoisotopic (exact) mass is 478 g/mol. The van der Waals surface area contributed by atoms with Crippen LogP contribution in [0.5, 0.6) is 0 Å². The van der Waals surface area contributed by atoms with Gasteiger partial charge in [-0.05, 0) is 40.0 Å². The van der Waals surface area contributed by atoms with Gasteiger partial charge in [0.15, 0.2) is 0 Å². The van der Waals surface area contributed by atoms with Crippen molar-refractivity contribution in [1.82, 2.24) is 21.4 Å². The molecule has 0 fully saturated rings. The molecule has 4 N–H and O–H groups in total. The van der Waals surface area contributed by atoms with E-state index < -0.39 is 30.0 Å². The van der Waals surface area contributed by atoms with E-state index in [2.05, 4.69) is 21.4 Å². The summed E-state index contributed by atoms with van der Waals surface area (Å²) >= 11 is 0. The van der Waals surface area contributed by atoms with Crippen LogP contribution in [0.15, 0.2) is 0 Å². The van der Waals surface area contributed by atoms with Crippen LogP contribution in [0.4, 0.5) is 14.4 Å². The second-order valence-corrected chi connectivity index (χ2v) is 7.80. The Balaban J connectivity index is 3.87. The molecular formula is C20H38N4O9. The van der Waals surface area contributed by atoms with Crippen molar-refractivity contribution in [1.29, 1.82) is 0 Å². The number of hydrogen-bond acceptors (Lipinski definition) is 9. The molecule has 192 valence electrons. The number of ether oxygens (including phenoxy) is 4. The van der Waals surface area contributed by atoms with Crippen molar-refractivity contribution in [3.63, 3.8) is 0 Å². The largest absolute Gasteiger partial charge is 0.447 e. The Hall–Kier alpha value is -2.80. The highest BCUT2D eigenvalue weighted by atomic mass is 16.7. The summed E-state index contributed by atoms with van der Waals surface area (Å²) in [4.78, 5) is 50.7. The number of unbranched alkanes of at least 4 members (excludes halogenated alkanes) is 1. The molecule has 0 aliphatic heterocycles. The average molecular weight is 479 g/mol. The minimum atomic E-state index is -0.656. The molecule has 0 heterocycles. The zero-order valence-electron chi connectivity index (χ0n) is 20.1. The van der Waals surface area contributed by atoms with Crippen molar-refractivity contribution >= 4 is 24.2 Å².